The van der Waals surface area contributed by atoms with E-state index in [1.165, 1.54) is 0 Å². The average Bonchev–Trinajstić information content (AvgIpc) is 2.81. The molecule has 0 spiro atoms. The van der Waals surface area contributed by atoms with Gasteiger partial charge < -0.3 is 28.8 Å². The molecule has 0 aromatic carbocycles. The molecule has 3 fully saturated rings. The van der Waals surface area contributed by atoms with Gasteiger partial charge in [-0.2, -0.15) is 0 Å². The van der Waals surface area contributed by atoms with Crippen molar-refractivity contribution in [1.82, 2.24) is 0 Å². The summed E-state index contributed by atoms with van der Waals surface area (Å²) >= 11 is 0. The zero-order valence-corrected chi connectivity index (χ0v) is 11.1. The van der Waals surface area contributed by atoms with Crippen LogP contribution in [-0.2, 0) is 23.7 Å². The SMILES string of the molecule is CC1(C)OCC(C2O[C@@H]3OC(C)(C)OC3C2O)O1. The summed E-state index contributed by atoms with van der Waals surface area (Å²) in [6.07, 6.45) is -2.53. The van der Waals surface area contributed by atoms with E-state index in [4.69, 9.17) is 23.7 Å². The van der Waals surface area contributed by atoms with Crippen LogP contribution in [0.15, 0.2) is 0 Å². The average molecular weight is 260 g/mol. The highest BCUT2D eigenvalue weighted by atomic mass is 16.8. The van der Waals surface area contributed by atoms with Gasteiger partial charge >= 0.3 is 0 Å². The summed E-state index contributed by atoms with van der Waals surface area (Å²) in [7, 11) is 0. The lowest BCUT2D eigenvalue weighted by Gasteiger charge is -2.26. The van der Waals surface area contributed by atoms with E-state index in [1.807, 2.05) is 13.8 Å². The van der Waals surface area contributed by atoms with Crippen LogP contribution in [-0.4, -0.2) is 54.0 Å². The second kappa shape index (κ2) is 3.88. The van der Waals surface area contributed by atoms with Gasteiger partial charge in [0, 0.05) is 0 Å². The Kier molecular flexibility index (Phi) is 2.75. The van der Waals surface area contributed by atoms with Crippen LogP contribution >= 0.6 is 0 Å². The van der Waals surface area contributed by atoms with Gasteiger partial charge in [0.25, 0.3) is 0 Å². The Balaban J connectivity index is 1.68. The monoisotopic (exact) mass is 260 g/mol. The third-order valence-electron chi connectivity index (χ3n) is 3.45. The third kappa shape index (κ3) is 2.07. The summed E-state index contributed by atoms with van der Waals surface area (Å²) < 4.78 is 28.1. The first-order chi connectivity index (χ1) is 8.27. The van der Waals surface area contributed by atoms with Crippen molar-refractivity contribution in [3.05, 3.63) is 0 Å². The standard InChI is InChI=1S/C12H20O6/c1-11(2)14-5-6(16-11)8-7(13)9-10(15-8)18-12(3,4)17-9/h6-10,13H,5H2,1-4H3/t6?,7?,8?,9?,10-/m1/s1. The highest BCUT2D eigenvalue weighted by Crippen LogP contribution is 2.40. The molecule has 0 aliphatic carbocycles. The van der Waals surface area contributed by atoms with Crippen molar-refractivity contribution in [3.8, 4) is 0 Å². The Morgan fingerprint density at radius 2 is 1.67 bits per heavy atom. The lowest BCUT2D eigenvalue weighted by atomic mass is 10.1. The minimum atomic E-state index is -0.765. The molecule has 3 rings (SSSR count). The molecule has 0 amide bonds. The van der Waals surface area contributed by atoms with Crippen molar-refractivity contribution in [2.24, 2.45) is 0 Å². The molecular weight excluding hydrogens is 240 g/mol. The van der Waals surface area contributed by atoms with Crippen LogP contribution in [0.25, 0.3) is 0 Å². The van der Waals surface area contributed by atoms with Crippen LogP contribution in [0.5, 0.6) is 0 Å². The molecule has 3 saturated heterocycles. The van der Waals surface area contributed by atoms with Crippen LogP contribution in [0.4, 0.5) is 0 Å². The zero-order valence-electron chi connectivity index (χ0n) is 11.1. The number of aliphatic hydroxyl groups is 1. The summed E-state index contributed by atoms with van der Waals surface area (Å²) in [6.45, 7) is 7.68. The van der Waals surface area contributed by atoms with Crippen LogP contribution in [0.1, 0.15) is 27.7 Å². The van der Waals surface area contributed by atoms with Crippen molar-refractivity contribution < 1.29 is 28.8 Å². The van der Waals surface area contributed by atoms with Crippen molar-refractivity contribution in [1.29, 1.82) is 0 Å². The van der Waals surface area contributed by atoms with E-state index in [2.05, 4.69) is 0 Å². The van der Waals surface area contributed by atoms with Crippen molar-refractivity contribution >= 4 is 0 Å². The van der Waals surface area contributed by atoms with E-state index in [1.54, 1.807) is 13.8 Å². The Hall–Kier alpha value is -0.240. The quantitative estimate of drug-likeness (QED) is 0.735. The van der Waals surface area contributed by atoms with Crippen molar-refractivity contribution in [2.75, 3.05) is 6.61 Å². The Bertz CT molecular complexity index is 341. The molecule has 1 N–H and O–H groups in total. The maximum atomic E-state index is 10.3. The number of aliphatic hydroxyl groups excluding tert-OH is 1. The van der Waals surface area contributed by atoms with Gasteiger partial charge in [0.05, 0.1) is 6.61 Å². The molecule has 6 heteroatoms. The minimum Gasteiger partial charge on any atom is -0.387 e. The number of hydrogen-bond acceptors (Lipinski definition) is 6. The first-order valence-electron chi connectivity index (χ1n) is 6.28. The summed E-state index contributed by atoms with van der Waals surface area (Å²) in [4.78, 5) is 0. The van der Waals surface area contributed by atoms with E-state index in [9.17, 15) is 5.11 Å². The first kappa shape index (κ1) is 12.8. The lowest BCUT2D eigenvalue weighted by Crippen LogP contribution is -2.42. The highest BCUT2D eigenvalue weighted by molar-refractivity contribution is 4.97. The van der Waals surface area contributed by atoms with Gasteiger partial charge in [-0.15, -0.1) is 0 Å². The van der Waals surface area contributed by atoms with Gasteiger partial charge in [-0.25, -0.2) is 0 Å². The maximum Gasteiger partial charge on any atom is 0.190 e. The topological polar surface area (TPSA) is 66.4 Å². The molecule has 0 aromatic rings. The molecule has 0 aromatic heterocycles. The van der Waals surface area contributed by atoms with Crippen LogP contribution in [0.2, 0.25) is 0 Å². The van der Waals surface area contributed by atoms with Gasteiger partial charge in [-0.1, -0.05) is 0 Å². The Morgan fingerprint density at radius 3 is 2.22 bits per heavy atom. The van der Waals surface area contributed by atoms with E-state index < -0.39 is 36.2 Å². The molecule has 5 atom stereocenters. The van der Waals surface area contributed by atoms with Gasteiger partial charge in [0.15, 0.2) is 17.9 Å². The third-order valence-corrected chi connectivity index (χ3v) is 3.45. The summed E-state index contributed by atoms with van der Waals surface area (Å²) in [5, 5.41) is 10.3. The fraction of sp³-hybridized carbons (Fsp3) is 1.00. The Morgan fingerprint density at radius 1 is 0.944 bits per heavy atom. The van der Waals surface area contributed by atoms with Crippen LogP contribution < -0.4 is 0 Å². The second-order valence-corrected chi connectivity index (χ2v) is 5.93. The zero-order chi connectivity index (χ0) is 13.1. The van der Waals surface area contributed by atoms with Gasteiger partial charge in [-0.3, -0.25) is 0 Å². The van der Waals surface area contributed by atoms with Crippen LogP contribution in [0, 0.1) is 0 Å². The fourth-order valence-corrected chi connectivity index (χ4v) is 2.70. The summed E-state index contributed by atoms with van der Waals surface area (Å²) in [5.74, 6) is -1.35. The molecule has 3 aliphatic rings. The van der Waals surface area contributed by atoms with Crippen molar-refractivity contribution in [2.45, 2.75) is 70.0 Å². The second-order valence-electron chi connectivity index (χ2n) is 5.93. The summed E-state index contributed by atoms with van der Waals surface area (Å²) in [5.41, 5.74) is 0. The van der Waals surface area contributed by atoms with E-state index in [0.717, 1.165) is 0 Å². The predicted molar refractivity (Wildman–Crippen MR) is 59.6 cm³/mol. The van der Waals surface area contributed by atoms with E-state index in [0.29, 0.717) is 6.61 Å². The molecule has 6 nitrogen and oxygen atoms in total. The molecule has 104 valence electrons. The minimum absolute atomic E-state index is 0.295. The molecule has 3 heterocycles. The highest BCUT2D eigenvalue weighted by Gasteiger charge is 2.57. The molecule has 0 saturated carbocycles. The summed E-state index contributed by atoms with van der Waals surface area (Å²) in [6, 6.07) is 0. The predicted octanol–water partition coefficient (Wildman–Crippen LogP) is 0.375. The Labute approximate surface area is 106 Å². The lowest BCUT2D eigenvalue weighted by molar-refractivity contribution is -0.232. The largest absolute Gasteiger partial charge is 0.387 e. The van der Waals surface area contributed by atoms with Crippen LogP contribution in [0.3, 0.4) is 0 Å². The first-order valence-corrected chi connectivity index (χ1v) is 6.28. The number of ether oxygens (including phenoxy) is 5. The number of rotatable bonds is 1. The van der Waals surface area contributed by atoms with E-state index >= 15 is 0 Å². The number of fused-ring (bicyclic) bond motifs is 1. The molecular formula is C12H20O6. The molecule has 0 bridgehead atoms. The van der Waals surface area contributed by atoms with Gasteiger partial charge in [0.2, 0.25) is 0 Å². The van der Waals surface area contributed by atoms with E-state index in [-0.39, 0.29) is 6.10 Å². The molecule has 0 radical (unpaired) electrons. The van der Waals surface area contributed by atoms with Crippen molar-refractivity contribution in [3.63, 3.8) is 0 Å². The van der Waals surface area contributed by atoms with Gasteiger partial charge in [-0.05, 0) is 27.7 Å². The molecule has 4 unspecified atom stereocenters. The molecule has 18 heavy (non-hydrogen) atoms. The maximum absolute atomic E-state index is 10.3. The smallest absolute Gasteiger partial charge is 0.190 e. The normalized spacial score (nSPS) is 49.5. The fourth-order valence-electron chi connectivity index (χ4n) is 2.70. The van der Waals surface area contributed by atoms with Gasteiger partial charge in [0.1, 0.15) is 24.4 Å². The number of hydrogen-bond donors (Lipinski definition) is 1. The molecule has 3 aliphatic heterocycles.